The molecule has 0 N–H and O–H groups in total. The average Bonchev–Trinajstić information content (AvgIpc) is 3.35. The molecule has 7 nitrogen and oxygen atoms in total. The second kappa shape index (κ2) is 5.23. The van der Waals surface area contributed by atoms with Gasteiger partial charge in [-0.3, -0.25) is 9.59 Å². The van der Waals surface area contributed by atoms with Crippen LogP contribution < -0.4 is 4.90 Å². The summed E-state index contributed by atoms with van der Waals surface area (Å²) in [6, 6.07) is 8.03. The van der Waals surface area contributed by atoms with Crippen LogP contribution in [0, 0.1) is 18.8 Å². The van der Waals surface area contributed by atoms with Gasteiger partial charge >= 0.3 is 0 Å². The summed E-state index contributed by atoms with van der Waals surface area (Å²) >= 11 is 0. The van der Waals surface area contributed by atoms with Crippen LogP contribution in [0.1, 0.15) is 24.0 Å². The van der Waals surface area contributed by atoms with E-state index in [0.29, 0.717) is 6.54 Å². The highest BCUT2D eigenvalue weighted by Crippen LogP contribution is 2.48. The largest absolute Gasteiger partial charge is 0.373 e. The molecule has 2 bridgehead atoms. The Morgan fingerprint density at radius 3 is 2.48 bits per heavy atom. The molecule has 0 aliphatic carbocycles. The van der Waals surface area contributed by atoms with Gasteiger partial charge in [-0.2, -0.15) is 4.98 Å². The third-order valence-corrected chi connectivity index (χ3v) is 5.60. The highest BCUT2D eigenvalue weighted by atomic mass is 16.5. The number of imide groups is 1. The van der Waals surface area contributed by atoms with Gasteiger partial charge in [-0.25, -0.2) is 9.58 Å². The number of nitrogens with zero attached hydrogens (tertiary/aromatic N) is 4. The van der Waals surface area contributed by atoms with E-state index in [-0.39, 0.29) is 41.8 Å². The molecule has 128 valence electrons. The first-order valence-corrected chi connectivity index (χ1v) is 8.61. The Morgan fingerprint density at radius 2 is 1.80 bits per heavy atom. The number of carbonyl (C=O) groups excluding carboxylic acids is 2. The van der Waals surface area contributed by atoms with Gasteiger partial charge in [0.1, 0.15) is 6.33 Å². The quantitative estimate of drug-likeness (QED) is 0.789. The standard InChI is InChI=1S/C18H18N4O3/c1-10-4-2-3-5-11(10)8-21-9-19-18(20-21)22-16(23)14-12-6-7-13(25-12)15(14)17(22)24/h2-5,9,12-15H,6-8H2,1H3/t12-,13-,14+,15+/m1/s1. The highest BCUT2D eigenvalue weighted by molar-refractivity contribution is 6.21. The summed E-state index contributed by atoms with van der Waals surface area (Å²) in [5.41, 5.74) is 2.29. The van der Waals surface area contributed by atoms with Crippen molar-refractivity contribution in [3.8, 4) is 0 Å². The summed E-state index contributed by atoms with van der Waals surface area (Å²) in [4.78, 5) is 30.9. The van der Waals surface area contributed by atoms with Gasteiger partial charge in [-0.15, -0.1) is 5.10 Å². The van der Waals surface area contributed by atoms with E-state index in [4.69, 9.17) is 4.74 Å². The zero-order valence-corrected chi connectivity index (χ0v) is 13.8. The monoisotopic (exact) mass is 338 g/mol. The summed E-state index contributed by atoms with van der Waals surface area (Å²) in [5, 5.41) is 4.38. The van der Waals surface area contributed by atoms with Gasteiger partial charge in [0.15, 0.2) is 0 Å². The average molecular weight is 338 g/mol. The Balaban J connectivity index is 1.41. The SMILES string of the molecule is Cc1ccccc1Cn1cnc(N2C(=O)[C@@H]3[C@@H](C2=O)[C@H]2CC[C@H]3O2)n1. The first-order chi connectivity index (χ1) is 12.1. The van der Waals surface area contributed by atoms with Gasteiger partial charge in [-0.05, 0) is 30.9 Å². The minimum Gasteiger partial charge on any atom is -0.373 e. The summed E-state index contributed by atoms with van der Waals surface area (Å²) in [5.74, 6) is -0.951. The summed E-state index contributed by atoms with van der Waals surface area (Å²) in [7, 11) is 0. The minimum atomic E-state index is -0.352. The van der Waals surface area contributed by atoms with Crippen LogP contribution in [0.2, 0.25) is 0 Å². The Morgan fingerprint density at radius 1 is 1.12 bits per heavy atom. The molecular weight excluding hydrogens is 320 g/mol. The normalized spacial score (nSPS) is 30.4. The number of aromatic nitrogens is 3. The second-order valence-corrected chi connectivity index (χ2v) is 7.02. The number of fused-ring (bicyclic) bond motifs is 5. The molecule has 4 atom stereocenters. The Bertz CT molecular complexity index is 849. The molecule has 1 aromatic heterocycles. The van der Waals surface area contributed by atoms with Crippen LogP contribution in [0.5, 0.6) is 0 Å². The van der Waals surface area contributed by atoms with E-state index in [1.807, 2.05) is 31.2 Å². The van der Waals surface area contributed by atoms with Gasteiger partial charge < -0.3 is 4.74 Å². The highest BCUT2D eigenvalue weighted by Gasteiger charge is 2.63. The topological polar surface area (TPSA) is 77.3 Å². The van der Waals surface area contributed by atoms with Crippen molar-refractivity contribution in [1.29, 1.82) is 0 Å². The summed E-state index contributed by atoms with van der Waals surface area (Å²) in [6.45, 7) is 2.59. The number of aryl methyl sites for hydroxylation is 1. The zero-order chi connectivity index (χ0) is 17.1. The van der Waals surface area contributed by atoms with Crippen molar-refractivity contribution in [2.75, 3.05) is 4.90 Å². The molecule has 5 rings (SSSR count). The molecule has 0 radical (unpaired) electrons. The lowest BCUT2D eigenvalue weighted by Crippen LogP contribution is -2.35. The molecule has 7 heteroatoms. The smallest absolute Gasteiger partial charge is 0.258 e. The maximum atomic E-state index is 12.7. The number of hydrogen-bond acceptors (Lipinski definition) is 5. The molecule has 0 saturated carbocycles. The summed E-state index contributed by atoms with van der Waals surface area (Å²) < 4.78 is 7.41. The number of carbonyl (C=O) groups is 2. The number of hydrogen-bond donors (Lipinski definition) is 0. The van der Waals surface area contributed by atoms with E-state index in [9.17, 15) is 9.59 Å². The molecule has 4 heterocycles. The van der Waals surface area contributed by atoms with E-state index >= 15 is 0 Å². The van der Waals surface area contributed by atoms with Gasteiger partial charge in [0.25, 0.3) is 5.95 Å². The predicted octanol–water partition coefficient (Wildman–Crippen LogP) is 1.30. The minimum absolute atomic E-state index is 0.120. The van der Waals surface area contributed by atoms with Crippen LogP contribution in [0.25, 0.3) is 0 Å². The van der Waals surface area contributed by atoms with Crippen LogP contribution in [0.3, 0.4) is 0 Å². The third-order valence-electron chi connectivity index (χ3n) is 5.60. The first kappa shape index (κ1) is 14.8. The van der Waals surface area contributed by atoms with Crippen molar-refractivity contribution in [3.63, 3.8) is 0 Å². The lowest BCUT2D eigenvalue weighted by molar-refractivity contribution is -0.124. The lowest BCUT2D eigenvalue weighted by atomic mass is 9.81. The zero-order valence-electron chi connectivity index (χ0n) is 13.8. The second-order valence-electron chi connectivity index (χ2n) is 7.02. The fourth-order valence-corrected chi connectivity index (χ4v) is 4.33. The molecule has 3 aliphatic rings. The van der Waals surface area contributed by atoms with Crippen LogP contribution in [-0.2, 0) is 20.9 Å². The molecular formula is C18H18N4O3. The van der Waals surface area contributed by atoms with E-state index in [1.54, 1.807) is 11.0 Å². The summed E-state index contributed by atoms with van der Waals surface area (Å²) in [6.07, 6.45) is 3.04. The van der Waals surface area contributed by atoms with Crippen molar-refractivity contribution < 1.29 is 14.3 Å². The van der Waals surface area contributed by atoms with Crippen molar-refractivity contribution in [2.45, 2.75) is 38.5 Å². The lowest BCUT2D eigenvalue weighted by Gasteiger charge is -2.14. The van der Waals surface area contributed by atoms with Gasteiger partial charge in [0, 0.05) is 0 Å². The van der Waals surface area contributed by atoms with Crippen molar-refractivity contribution >= 4 is 17.8 Å². The Kier molecular flexibility index (Phi) is 3.09. The fourth-order valence-electron chi connectivity index (χ4n) is 4.33. The number of amides is 2. The predicted molar refractivity (Wildman–Crippen MR) is 87.7 cm³/mol. The molecule has 25 heavy (non-hydrogen) atoms. The first-order valence-electron chi connectivity index (χ1n) is 8.61. The van der Waals surface area contributed by atoms with Gasteiger partial charge in [0.05, 0.1) is 30.6 Å². The molecule has 1 aromatic carbocycles. The van der Waals surface area contributed by atoms with Crippen LogP contribution in [0.4, 0.5) is 5.95 Å². The van der Waals surface area contributed by atoms with E-state index in [2.05, 4.69) is 10.1 Å². The van der Waals surface area contributed by atoms with Crippen molar-refractivity contribution in [3.05, 3.63) is 41.7 Å². The third kappa shape index (κ3) is 2.08. The maximum Gasteiger partial charge on any atom is 0.258 e. The van der Waals surface area contributed by atoms with Crippen LogP contribution in [-0.4, -0.2) is 38.8 Å². The van der Waals surface area contributed by atoms with Crippen LogP contribution in [0.15, 0.2) is 30.6 Å². The molecule has 3 saturated heterocycles. The molecule has 0 spiro atoms. The molecule has 0 unspecified atom stereocenters. The molecule has 2 aromatic rings. The molecule has 2 amide bonds. The van der Waals surface area contributed by atoms with Crippen molar-refractivity contribution in [2.24, 2.45) is 11.8 Å². The number of anilines is 1. The van der Waals surface area contributed by atoms with Gasteiger partial charge in [0.2, 0.25) is 11.8 Å². The number of ether oxygens (including phenoxy) is 1. The number of benzene rings is 1. The Labute approximate surface area is 144 Å². The molecule has 3 fully saturated rings. The Hall–Kier alpha value is -2.54. The van der Waals surface area contributed by atoms with E-state index in [1.165, 1.54) is 0 Å². The van der Waals surface area contributed by atoms with Crippen LogP contribution >= 0.6 is 0 Å². The molecule has 3 aliphatic heterocycles. The van der Waals surface area contributed by atoms with E-state index < -0.39 is 0 Å². The van der Waals surface area contributed by atoms with Crippen molar-refractivity contribution in [1.82, 2.24) is 14.8 Å². The number of rotatable bonds is 3. The fraction of sp³-hybridized carbons (Fsp3) is 0.444. The van der Waals surface area contributed by atoms with E-state index in [0.717, 1.165) is 28.9 Å². The maximum absolute atomic E-state index is 12.7. The van der Waals surface area contributed by atoms with Gasteiger partial charge in [-0.1, -0.05) is 24.3 Å².